The second-order valence-corrected chi connectivity index (χ2v) is 6.68. The highest BCUT2D eigenvalue weighted by atomic mass is 32.2. The fourth-order valence-electron chi connectivity index (χ4n) is 2.64. The lowest BCUT2D eigenvalue weighted by Gasteiger charge is -2.44. The molecular formula is C14H30N2S. The number of thioether (sulfide) groups is 1. The van der Waals surface area contributed by atoms with Gasteiger partial charge in [-0.2, -0.15) is 11.8 Å². The van der Waals surface area contributed by atoms with E-state index in [1.807, 2.05) is 11.8 Å². The lowest BCUT2D eigenvalue weighted by atomic mass is 9.92. The first-order valence-electron chi connectivity index (χ1n) is 7.06. The molecule has 0 bridgehead atoms. The third-order valence-electron chi connectivity index (χ3n) is 4.17. The Morgan fingerprint density at radius 1 is 1.35 bits per heavy atom. The number of nitrogens with one attached hydrogen (secondary N) is 1. The summed E-state index contributed by atoms with van der Waals surface area (Å²) in [5, 5.41) is 3.76. The zero-order chi connectivity index (χ0) is 12.8. The molecule has 0 aromatic carbocycles. The third kappa shape index (κ3) is 4.46. The maximum absolute atomic E-state index is 3.76. The largest absolute Gasteiger partial charge is 0.311 e. The molecule has 0 aliphatic carbocycles. The number of hydrogen-bond donors (Lipinski definition) is 1. The van der Waals surface area contributed by atoms with E-state index in [-0.39, 0.29) is 0 Å². The highest BCUT2D eigenvalue weighted by Gasteiger charge is 2.31. The molecule has 0 spiro atoms. The summed E-state index contributed by atoms with van der Waals surface area (Å²) in [6.45, 7) is 13.0. The number of piperazine rings is 1. The van der Waals surface area contributed by atoms with Crippen LogP contribution in [-0.4, -0.2) is 48.6 Å². The van der Waals surface area contributed by atoms with E-state index in [1.54, 1.807) is 0 Å². The molecular weight excluding hydrogens is 228 g/mol. The van der Waals surface area contributed by atoms with Gasteiger partial charge in [-0.05, 0) is 18.1 Å². The van der Waals surface area contributed by atoms with Crippen molar-refractivity contribution in [3.8, 4) is 0 Å². The van der Waals surface area contributed by atoms with Crippen LogP contribution in [0.4, 0.5) is 0 Å². The van der Waals surface area contributed by atoms with Gasteiger partial charge in [-0.15, -0.1) is 0 Å². The summed E-state index contributed by atoms with van der Waals surface area (Å²) in [5.41, 5.74) is 0. The second-order valence-electron chi connectivity index (χ2n) is 5.70. The van der Waals surface area contributed by atoms with Gasteiger partial charge in [0.15, 0.2) is 0 Å². The SMILES string of the molecule is CCC(C)C1CN(CCSC)C(C(C)C)CN1. The van der Waals surface area contributed by atoms with Crippen molar-refractivity contribution in [2.75, 3.05) is 31.6 Å². The van der Waals surface area contributed by atoms with Gasteiger partial charge in [-0.25, -0.2) is 0 Å². The minimum absolute atomic E-state index is 0.692. The van der Waals surface area contributed by atoms with Crippen LogP contribution in [-0.2, 0) is 0 Å². The van der Waals surface area contributed by atoms with Crippen molar-refractivity contribution < 1.29 is 0 Å². The van der Waals surface area contributed by atoms with Gasteiger partial charge in [0.2, 0.25) is 0 Å². The highest BCUT2D eigenvalue weighted by Crippen LogP contribution is 2.20. The quantitative estimate of drug-likeness (QED) is 0.788. The van der Waals surface area contributed by atoms with Crippen LogP contribution in [0, 0.1) is 11.8 Å². The summed E-state index contributed by atoms with van der Waals surface area (Å²) in [6.07, 6.45) is 3.49. The van der Waals surface area contributed by atoms with Crippen LogP contribution in [0.2, 0.25) is 0 Å². The maximum Gasteiger partial charge on any atom is 0.0244 e. The fraction of sp³-hybridized carbons (Fsp3) is 1.00. The van der Waals surface area contributed by atoms with Crippen molar-refractivity contribution in [2.24, 2.45) is 11.8 Å². The van der Waals surface area contributed by atoms with Crippen LogP contribution in [0.15, 0.2) is 0 Å². The van der Waals surface area contributed by atoms with E-state index >= 15 is 0 Å². The molecule has 3 heteroatoms. The molecule has 0 saturated carbocycles. The predicted molar refractivity (Wildman–Crippen MR) is 79.8 cm³/mol. The Hall–Kier alpha value is 0.270. The third-order valence-corrected chi connectivity index (χ3v) is 4.76. The zero-order valence-corrected chi connectivity index (χ0v) is 13.0. The van der Waals surface area contributed by atoms with Crippen molar-refractivity contribution in [3.63, 3.8) is 0 Å². The minimum Gasteiger partial charge on any atom is -0.311 e. The molecule has 1 heterocycles. The van der Waals surface area contributed by atoms with Crippen LogP contribution in [0.3, 0.4) is 0 Å². The number of nitrogens with zero attached hydrogens (tertiary/aromatic N) is 1. The molecule has 1 aliphatic rings. The van der Waals surface area contributed by atoms with E-state index in [1.165, 1.54) is 31.8 Å². The van der Waals surface area contributed by atoms with E-state index in [0.717, 1.165) is 17.9 Å². The molecule has 0 aromatic rings. The first-order chi connectivity index (χ1) is 8.10. The van der Waals surface area contributed by atoms with Gasteiger partial charge in [-0.1, -0.05) is 34.1 Å². The molecule has 1 fully saturated rings. The molecule has 2 nitrogen and oxygen atoms in total. The molecule has 1 N–H and O–H groups in total. The smallest absolute Gasteiger partial charge is 0.0244 e. The van der Waals surface area contributed by atoms with Crippen molar-refractivity contribution in [1.82, 2.24) is 10.2 Å². The Morgan fingerprint density at radius 2 is 2.06 bits per heavy atom. The van der Waals surface area contributed by atoms with Gasteiger partial charge in [0.1, 0.15) is 0 Å². The molecule has 1 aliphatic heterocycles. The Bertz CT molecular complexity index is 208. The molecule has 1 saturated heterocycles. The van der Waals surface area contributed by atoms with E-state index < -0.39 is 0 Å². The monoisotopic (exact) mass is 258 g/mol. The number of hydrogen-bond acceptors (Lipinski definition) is 3. The normalized spacial score (nSPS) is 28.6. The Balaban J connectivity index is 2.56. The van der Waals surface area contributed by atoms with Gasteiger partial charge < -0.3 is 5.32 Å². The highest BCUT2D eigenvalue weighted by molar-refractivity contribution is 7.98. The zero-order valence-electron chi connectivity index (χ0n) is 12.2. The Kier molecular flexibility index (Phi) is 6.90. The molecule has 17 heavy (non-hydrogen) atoms. The molecule has 3 unspecified atom stereocenters. The van der Waals surface area contributed by atoms with Gasteiger partial charge >= 0.3 is 0 Å². The topological polar surface area (TPSA) is 15.3 Å². The molecule has 102 valence electrons. The van der Waals surface area contributed by atoms with Gasteiger partial charge in [0, 0.05) is 37.5 Å². The van der Waals surface area contributed by atoms with Crippen LogP contribution in [0.25, 0.3) is 0 Å². The summed E-state index contributed by atoms with van der Waals surface area (Å²) in [7, 11) is 0. The van der Waals surface area contributed by atoms with E-state index in [2.05, 4.69) is 44.2 Å². The van der Waals surface area contributed by atoms with Crippen LogP contribution >= 0.6 is 11.8 Å². The molecule has 0 radical (unpaired) electrons. The minimum atomic E-state index is 0.692. The van der Waals surface area contributed by atoms with Crippen molar-refractivity contribution in [1.29, 1.82) is 0 Å². The summed E-state index contributed by atoms with van der Waals surface area (Å²) in [5.74, 6) is 2.80. The lowest BCUT2D eigenvalue weighted by Crippen LogP contribution is -2.60. The molecule has 0 amide bonds. The van der Waals surface area contributed by atoms with Crippen LogP contribution in [0.5, 0.6) is 0 Å². The maximum atomic E-state index is 3.76. The van der Waals surface area contributed by atoms with Crippen LogP contribution in [0.1, 0.15) is 34.1 Å². The molecule has 1 rings (SSSR count). The summed E-state index contributed by atoms with van der Waals surface area (Å²) >= 11 is 1.96. The predicted octanol–water partition coefficient (Wildman–Crippen LogP) is 2.69. The fourth-order valence-corrected chi connectivity index (χ4v) is 3.06. The van der Waals surface area contributed by atoms with Crippen molar-refractivity contribution >= 4 is 11.8 Å². The van der Waals surface area contributed by atoms with E-state index in [9.17, 15) is 0 Å². The van der Waals surface area contributed by atoms with Crippen LogP contribution < -0.4 is 5.32 Å². The second kappa shape index (κ2) is 7.65. The average molecular weight is 258 g/mol. The molecule has 0 aromatic heterocycles. The van der Waals surface area contributed by atoms with Gasteiger partial charge in [0.05, 0.1) is 0 Å². The molecule has 3 atom stereocenters. The summed E-state index contributed by atoms with van der Waals surface area (Å²) < 4.78 is 0. The average Bonchev–Trinajstić information content (AvgIpc) is 2.34. The lowest BCUT2D eigenvalue weighted by molar-refractivity contribution is 0.0884. The summed E-state index contributed by atoms with van der Waals surface area (Å²) in [6, 6.07) is 1.42. The first-order valence-corrected chi connectivity index (χ1v) is 8.45. The van der Waals surface area contributed by atoms with Gasteiger partial charge in [-0.3, -0.25) is 4.90 Å². The van der Waals surface area contributed by atoms with Gasteiger partial charge in [0.25, 0.3) is 0 Å². The van der Waals surface area contributed by atoms with Crippen molar-refractivity contribution in [2.45, 2.75) is 46.2 Å². The number of rotatable bonds is 6. The Labute approximate surface area is 112 Å². The Morgan fingerprint density at radius 3 is 2.59 bits per heavy atom. The first kappa shape index (κ1) is 15.3. The van der Waals surface area contributed by atoms with Crippen molar-refractivity contribution in [3.05, 3.63) is 0 Å². The van der Waals surface area contributed by atoms with E-state index in [0.29, 0.717) is 6.04 Å². The summed E-state index contributed by atoms with van der Waals surface area (Å²) in [4.78, 5) is 2.72. The standard InChI is InChI=1S/C14H30N2S/c1-6-12(4)13-10-16(7-8-17-5)14(9-15-13)11(2)3/h11-15H,6-10H2,1-5H3. The van der Waals surface area contributed by atoms with E-state index in [4.69, 9.17) is 0 Å².